The Labute approximate surface area is 143 Å². The van der Waals surface area contributed by atoms with Crippen LogP contribution in [0.4, 0.5) is 8.78 Å². The molecule has 5 nitrogen and oxygen atoms in total. The fourth-order valence-electron chi connectivity index (χ4n) is 1.96. The Morgan fingerprint density at radius 2 is 2.08 bits per heavy atom. The molecule has 2 rings (SSSR count). The number of benzene rings is 1. The third-order valence-corrected chi connectivity index (χ3v) is 4.07. The smallest absolute Gasteiger partial charge is 0.387 e. The van der Waals surface area contributed by atoms with Gasteiger partial charge in [0.1, 0.15) is 11.5 Å². The maximum Gasteiger partial charge on any atom is 0.387 e. The number of aryl methyl sites for hydroxylation is 1. The van der Waals surface area contributed by atoms with Gasteiger partial charge in [-0.3, -0.25) is 4.79 Å². The van der Waals surface area contributed by atoms with Crippen molar-refractivity contribution in [1.82, 2.24) is 9.88 Å². The molecule has 0 aliphatic carbocycles. The number of halogens is 2. The average molecular weight is 356 g/mol. The highest BCUT2D eigenvalue weighted by Gasteiger charge is 2.11. The van der Waals surface area contributed by atoms with Gasteiger partial charge in [0, 0.05) is 20.5 Å². The molecular weight excluding hydrogens is 338 g/mol. The van der Waals surface area contributed by atoms with Gasteiger partial charge in [-0.2, -0.15) is 8.78 Å². The third kappa shape index (κ3) is 5.84. The van der Waals surface area contributed by atoms with Crippen LogP contribution in [-0.4, -0.2) is 35.2 Å². The lowest BCUT2D eigenvalue weighted by molar-refractivity contribution is -0.127. The van der Waals surface area contributed by atoms with Crippen molar-refractivity contribution in [3.8, 4) is 5.75 Å². The molecule has 1 heterocycles. The summed E-state index contributed by atoms with van der Waals surface area (Å²) in [4.78, 5) is 17.7. The number of carbonyl (C=O) groups is 1. The summed E-state index contributed by atoms with van der Waals surface area (Å²) in [6, 6.07) is 6.24. The first-order chi connectivity index (χ1) is 11.4. The highest BCUT2D eigenvalue weighted by atomic mass is 32.2. The van der Waals surface area contributed by atoms with Crippen molar-refractivity contribution in [2.24, 2.45) is 0 Å². The zero-order valence-electron chi connectivity index (χ0n) is 13.4. The molecule has 8 heteroatoms. The number of oxazole rings is 1. The molecule has 0 fully saturated rings. The second kappa shape index (κ2) is 8.68. The van der Waals surface area contributed by atoms with Crippen LogP contribution in [0.3, 0.4) is 0 Å². The van der Waals surface area contributed by atoms with E-state index in [9.17, 15) is 13.6 Å². The maximum atomic E-state index is 12.1. The van der Waals surface area contributed by atoms with Gasteiger partial charge in [0.25, 0.3) is 0 Å². The van der Waals surface area contributed by atoms with Crippen molar-refractivity contribution in [2.75, 3.05) is 12.8 Å². The normalized spacial score (nSPS) is 10.9. The highest BCUT2D eigenvalue weighted by molar-refractivity contribution is 7.99. The summed E-state index contributed by atoms with van der Waals surface area (Å²) in [6.07, 6.45) is 1.65. The van der Waals surface area contributed by atoms with Crippen LogP contribution in [0.2, 0.25) is 0 Å². The number of ether oxygens (including phenoxy) is 1. The van der Waals surface area contributed by atoms with Crippen molar-refractivity contribution in [3.05, 3.63) is 47.7 Å². The third-order valence-electron chi connectivity index (χ3n) is 3.13. The van der Waals surface area contributed by atoms with E-state index in [0.29, 0.717) is 23.9 Å². The molecule has 0 aliphatic rings. The molecule has 0 saturated heterocycles. The van der Waals surface area contributed by atoms with Gasteiger partial charge >= 0.3 is 6.61 Å². The van der Waals surface area contributed by atoms with E-state index >= 15 is 0 Å². The molecule has 1 aromatic heterocycles. The summed E-state index contributed by atoms with van der Waals surface area (Å²) < 4.78 is 33.8. The number of thioether (sulfide) groups is 1. The Kier molecular flexibility index (Phi) is 6.60. The topological polar surface area (TPSA) is 55.6 Å². The van der Waals surface area contributed by atoms with Gasteiger partial charge in [0.05, 0.1) is 17.7 Å². The first-order valence-corrected chi connectivity index (χ1v) is 8.36. The Bertz CT molecular complexity index is 662. The van der Waals surface area contributed by atoms with Gasteiger partial charge in [-0.15, -0.1) is 11.8 Å². The first-order valence-electron chi connectivity index (χ1n) is 7.21. The van der Waals surface area contributed by atoms with E-state index in [4.69, 9.17) is 4.42 Å². The predicted molar refractivity (Wildman–Crippen MR) is 87.0 cm³/mol. The molecule has 0 bridgehead atoms. The molecule has 0 saturated carbocycles. The number of carbonyl (C=O) groups excluding carboxylic acids is 1. The second-order valence-electron chi connectivity index (χ2n) is 5.11. The molecule has 0 radical (unpaired) electrons. The number of hydrogen-bond acceptors (Lipinski definition) is 5. The summed E-state index contributed by atoms with van der Waals surface area (Å²) in [7, 11) is 1.70. The summed E-state index contributed by atoms with van der Waals surface area (Å²) in [6.45, 7) is -0.675. The number of nitrogens with zero attached hydrogens (tertiary/aromatic N) is 2. The minimum Gasteiger partial charge on any atom is -0.445 e. The molecule has 0 unspecified atom stereocenters. The zero-order valence-corrected chi connectivity index (χ0v) is 14.2. The van der Waals surface area contributed by atoms with E-state index < -0.39 is 6.61 Å². The van der Waals surface area contributed by atoms with Gasteiger partial charge in [0.2, 0.25) is 5.91 Å². The number of hydrogen-bond donors (Lipinski definition) is 0. The summed E-state index contributed by atoms with van der Waals surface area (Å²) in [5.41, 5.74) is 0.836. The molecule has 2 aromatic rings. The largest absolute Gasteiger partial charge is 0.445 e. The number of rotatable bonds is 8. The van der Waals surface area contributed by atoms with Gasteiger partial charge in [-0.25, -0.2) is 4.98 Å². The molecule has 1 aromatic carbocycles. The molecule has 1 amide bonds. The zero-order chi connectivity index (χ0) is 17.5. The monoisotopic (exact) mass is 356 g/mol. The molecule has 130 valence electrons. The Morgan fingerprint density at radius 1 is 1.38 bits per heavy atom. The standard InChI is InChI=1S/C16H18F2N2O3S/c1-11-19-7-14(22-11)9-24-10-15(21)20(2)8-12-3-5-13(6-4-12)23-16(17)18/h3-7,16H,8-10H2,1-2H3. The first kappa shape index (κ1) is 18.3. The average Bonchev–Trinajstić information content (AvgIpc) is 2.94. The summed E-state index contributed by atoms with van der Waals surface area (Å²) in [5.74, 6) is 2.32. The van der Waals surface area contributed by atoms with Crippen LogP contribution in [0.25, 0.3) is 0 Å². The minimum atomic E-state index is -2.84. The minimum absolute atomic E-state index is 0.0239. The Hall–Kier alpha value is -2.09. The summed E-state index contributed by atoms with van der Waals surface area (Å²) in [5, 5.41) is 0. The lowest BCUT2D eigenvalue weighted by Gasteiger charge is -2.17. The van der Waals surface area contributed by atoms with Crippen LogP contribution in [0.5, 0.6) is 5.75 Å². The van der Waals surface area contributed by atoms with E-state index in [1.807, 2.05) is 0 Å². The second-order valence-corrected chi connectivity index (χ2v) is 6.10. The van der Waals surface area contributed by atoms with E-state index in [1.165, 1.54) is 23.9 Å². The van der Waals surface area contributed by atoms with Crippen molar-refractivity contribution in [3.63, 3.8) is 0 Å². The van der Waals surface area contributed by atoms with Gasteiger partial charge in [0.15, 0.2) is 5.89 Å². The highest BCUT2D eigenvalue weighted by Crippen LogP contribution is 2.17. The van der Waals surface area contributed by atoms with Crippen LogP contribution >= 0.6 is 11.8 Å². The lowest BCUT2D eigenvalue weighted by Crippen LogP contribution is -2.27. The summed E-state index contributed by atoms with van der Waals surface area (Å²) >= 11 is 1.45. The maximum absolute atomic E-state index is 12.1. The molecule has 0 aliphatic heterocycles. The quantitative estimate of drug-likeness (QED) is 0.725. The SMILES string of the molecule is Cc1ncc(CSCC(=O)N(C)Cc2ccc(OC(F)F)cc2)o1. The molecule has 24 heavy (non-hydrogen) atoms. The molecule has 0 spiro atoms. The predicted octanol–water partition coefficient (Wildman–Crippen LogP) is 3.48. The van der Waals surface area contributed by atoms with Crippen molar-refractivity contribution in [2.45, 2.75) is 25.8 Å². The van der Waals surface area contributed by atoms with Gasteiger partial charge in [-0.1, -0.05) is 12.1 Å². The van der Waals surface area contributed by atoms with Gasteiger partial charge in [-0.05, 0) is 17.7 Å². The van der Waals surface area contributed by atoms with E-state index in [1.54, 1.807) is 37.2 Å². The lowest BCUT2D eigenvalue weighted by atomic mass is 10.2. The van der Waals surface area contributed by atoms with Gasteiger partial charge < -0.3 is 14.1 Å². The number of alkyl halides is 2. The Morgan fingerprint density at radius 3 is 2.67 bits per heavy atom. The van der Waals surface area contributed by atoms with E-state index in [0.717, 1.165) is 11.3 Å². The van der Waals surface area contributed by atoms with Crippen LogP contribution < -0.4 is 4.74 Å². The fourth-order valence-corrected chi connectivity index (χ4v) is 2.79. The molecule has 0 N–H and O–H groups in total. The van der Waals surface area contributed by atoms with Crippen LogP contribution in [0.1, 0.15) is 17.2 Å². The number of amides is 1. The van der Waals surface area contributed by atoms with Crippen molar-refractivity contribution < 1.29 is 22.7 Å². The van der Waals surface area contributed by atoms with E-state index in [2.05, 4.69) is 9.72 Å². The fraction of sp³-hybridized carbons (Fsp3) is 0.375. The Balaban J connectivity index is 1.76. The molecular formula is C16H18F2N2O3S. The van der Waals surface area contributed by atoms with Crippen molar-refractivity contribution in [1.29, 1.82) is 0 Å². The van der Waals surface area contributed by atoms with Crippen LogP contribution in [-0.2, 0) is 17.1 Å². The van der Waals surface area contributed by atoms with Crippen molar-refractivity contribution >= 4 is 17.7 Å². The van der Waals surface area contributed by atoms with E-state index in [-0.39, 0.29) is 11.7 Å². The van der Waals surface area contributed by atoms with Crippen LogP contribution in [0.15, 0.2) is 34.9 Å². The number of aromatic nitrogens is 1. The van der Waals surface area contributed by atoms with Crippen LogP contribution in [0, 0.1) is 6.92 Å². The molecule has 0 atom stereocenters.